The average Bonchev–Trinajstić information content (AvgIpc) is 2.53. The number of hydrogen-bond donors (Lipinski definition) is 0. The highest BCUT2D eigenvalue weighted by atomic mass is 16.6. The predicted octanol–water partition coefficient (Wildman–Crippen LogP) is 2.60. The highest BCUT2D eigenvalue weighted by Gasteiger charge is 2.04. The summed E-state index contributed by atoms with van der Waals surface area (Å²) >= 11 is 0. The molecular formula is C16H17NO4. The molecule has 0 saturated carbocycles. The van der Waals surface area contributed by atoms with Gasteiger partial charge in [0.15, 0.2) is 6.61 Å². The zero-order chi connectivity index (χ0) is 14.9. The van der Waals surface area contributed by atoms with Gasteiger partial charge in [-0.25, -0.2) is 9.78 Å². The third-order valence-corrected chi connectivity index (χ3v) is 2.60. The van der Waals surface area contributed by atoms with Crippen LogP contribution in [-0.4, -0.2) is 24.2 Å². The first kappa shape index (κ1) is 14.8. The Morgan fingerprint density at radius 2 is 1.90 bits per heavy atom. The fraction of sp³-hybridized carbons (Fsp3) is 0.250. The summed E-state index contributed by atoms with van der Waals surface area (Å²) in [5.74, 6) is 0.597. The number of carbonyl (C=O) groups is 1. The highest BCUT2D eigenvalue weighted by Crippen LogP contribution is 2.15. The van der Waals surface area contributed by atoms with E-state index in [1.165, 1.54) is 6.20 Å². The van der Waals surface area contributed by atoms with Gasteiger partial charge in [0.1, 0.15) is 12.4 Å². The summed E-state index contributed by atoms with van der Waals surface area (Å²) in [4.78, 5) is 15.3. The van der Waals surface area contributed by atoms with Crippen LogP contribution >= 0.6 is 0 Å². The molecule has 0 saturated heterocycles. The van der Waals surface area contributed by atoms with Crippen LogP contribution in [0.15, 0.2) is 48.7 Å². The summed E-state index contributed by atoms with van der Waals surface area (Å²) in [6.45, 7) is 2.42. The van der Waals surface area contributed by atoms with Crippen LogP contribution in [0.5, 0.6) is 11.6 Å². The van der Waals surface area contributed by atoms with Crippen molar-refractivity contribution in [3.8, 4) is 11.6 Å². The lowest BCUT2D eigenvalue weighted by atomic mass is 10.2. The molecule has 0 amide bonds. The molecule has 1 aromatic carbocycles. The number of ether oxygens (including phenoxy) is 3. The van der Waals surface area contributed by atoms with Crippen molar-refractivity contribution in [3.05, 3.63) is 54.2 Å². The van der Waals surface area contributed by atoms with Gasteiger partial charge in [0.05, 0.1) is 12.8 Å². The van der Waals surface area contributed by atoms with Crippen molar-refractivity contribution in [1.82, 2.24) is 4.98 Å². The van der Waals surface area contributed by atoms with E-state index >= 15 is 0 Å². The molecule has 5 nitrogen and oxygen atoms in total. The minimum Gasteiger partial charge on any atom is -0.480 e. The van der Waals surface area contributed by atoms with Crippen molar-refractivity contribution in [3.63, 3.8) is 0 Å². The Morgan fingerprint density at radius 1 is 1.10 bits per heavy atom. The smallest absolute Gasteiger partial charge is 0.344 e. The first-order valence-corrected chi connectivity index (χ1v) is 6.69. The fourth-order valence-electron chi connectivity index (χ4n) is 1.61. The summed E-state index contributed by atoms with van der Waals surface area (Å²) in [6, 6.07) is 13.2. The molecule has 21 heavy (non-hydrogen) atoms. The molecule has 0 aliphatic rings. The quantitative estimate of drug-likeness (QED) is 0.733. The molecule has 110 valence electrons. The summed E-state index contributed by atoms with van der Waals surface area (Å²) in [6.07, 6.45) is 1.51. The Kier molecular flexibility index (Phi) is 5.58. The monoisotopic (exact) mass is 287 g/mol. The minimum atomic E-state index is -0.401. The molecule has 0 aliphatic carbocycles. The van der Waals surface area contributed by atoms with Crippen molar-refractivity contribution in [2.75, 3.05) is 13.2 Å². The maximum absolute atomic E-state index is 11.2. The number of rotatable bonds is 7. The predicted molar refractivity (Wildman–Crippen MR) is 77.1 cm³/mol. The summed E-state index contributed by atoms with van der Waals surface area (Å²) in [7, 11) is 0. The molecule has 2 rings (SSSR count). The number of benzene rings is 1. The summed E-state index contributed by atoms with van der Waals surface area (Å²) in [5.41, 5.74) is 1.07. The Morgan fingerprint density at radius 3 is 2.57 bits per heavy atom. The largest absolute Gasteiger partial charge is 0.480 e. The Balaban J connectivity index is 1.80. The van der Waals surface area contributed by atoms with Crippen LogP contribution in [0.2, 0.25) is 0 Å². The third kappa shape index (κ3) is 5.14. The van der Waals surface area contributed by atoms with E-state index in [-0.39, 0.29) is 6.61 Å². The Bertz CT molecular complexity index is 554. The standard InChI is InChI=1S/C16H17NO4/c1-2-19-16(18)12-20-14-8-9-15(17-10-14)21-11-13-6-4-3-5-7-13/h3-10H,2,11-12H2,1H3. The van der Waals surface area contributed by atoms with E-state index < -0.39 is 5.97 Å². The van der Waals surface area contributed by atoms with Gasteiger partial charge in [-0.15, -0.1) is 0 Å². The second-order valence-corrected chi connectivity index (χ2v) is 4.20. The minimum absolute atomic E-state index is 0.125. The number of aromatic nitrogens is 1. The van der Waals surface area contributed by atoms with Crippen LogP contribution < -0.4 is 9.47 Å². The summed E-state index contributed by atoms with van der Waals surface area (Å²) in [5, 5.41) is 0. The highest BCUT2D eigenvalue weighted by molar-refractivity contribution is 5.71. The van der Waals surface area contributed by atoms with Gasteiger partial charge in [-0.3, -0.25) is 0 Å². The number of nitrogens with zero attached hydrogens (tertiary/aromatic N) is 1. The van der Waals surface area contributed by atoms with Crippen LogP contribution in [0.4, 0.5) is 0 Å². The molecule has 0 spiro atoms. The van der Waals surface area contributed by atoms with Crippen LogP contribution in [0.3, 0.4) is 0 Å². The number of pyridine rings is 1. The molecular weight excluding hydrogens is 270 g/mol. The number of carbonyl (C=O) groups excluding carboxylic acids is 1. The van der Waals surface area contributed by atoms with Crippen molar-refractivity contribution >= 4 is 5.97 Å². The van der Waals surface area contributed by atoms with Crippen molar-refractivity contribution < 1.29 is 19.0 Å². The van der Waals surface area contributed by atoms with Gasteiger partial charge in [-0.2, -0.15) is 0 Å². The lowest BCUT2D eigenvalue weighted by Crippen LogP contribution is -2.14. The molecule has 1 heterocycles. The second-order valence-electron chi connectivity index (χ2n) is 4.20. The topological polar surface area (TPSA) is 57.7 Å². The molecule has 1 aromatic heterocycles. The van der Waals surface area contributed by atoms with Gasteiger partial charge in [-0.05, 0) is 18.6 Å². The number of esters is 1. The zero-order valence-corrected chi connectivity index (χ0v) is 11.8. The molecule has 5 heteroatoms. The van der Waals surface area contributed by atoms with Crippen molar-refractivity contribution in [2.24, 2.45) is 0 Å². The van der Waals surface area contributed by atoms with E-state index in [0.29, 0.717) is 24.8 Å². The van der Waals surface area contributed by atoms with Crippen LogP contribution in [0.25, 0.3) is 0 Å². The lowest BCUT2D eigenvalue weighted by Gasteiger charge is -2.07. The van der Waals surface area contributed by atoms with Gasteiger partial charge in [-0.1, -0.05) is 30.3 Å². The first-order chi connectivity index (χ1) is 10.3. The van der Waals surface area contributed by atoms with Gasteiger partial charge >= 0.3 is 5.97 Å². The molecule has 0 N–H and O–H groups in total. The van der Waals surface area contributed by atoms with E-state index in [0.717, 1.165) is 5.56 Å². The molecule has 0 fully saturated rings. The zero-order valence-electron chi connectivity index (χ0n) is 11.8. The summed E-state index contributed by atoms with van der Waals surface area (Å²) < 4.78 is 15.6. The maximum atomic E-state index is 11.2. The fourth-order valence-corrected chi connectivity index (χ4v) is 1.61. The normalized spacial score (nSPS) is 9.95. The van der Waals surface area contributed by atoms with E-state index in [2.05, 4.69) is 4.98 Å². The maximum Gasteiger partial charge on any atom is 0.344 e. The van der Waals surface area contributed by atoms with Gasteiger partial charge < -0.3 is 14.2 Å². The first-order valence-electron chi connectivity index (χ1n) is 6.69. The van der Waals surface area contributed by atoms with E-state index in [1.54, 1.807) is 19.1 Å². The molecule has 2 aromatic rings. The van der Waals surface area contributed by atoms with Crippen LogP contribution in [0.1, 0.15) is 12.5 Å². The lowest BCUT2D eigenvalue weighted by molar-refractivity contribution is -0.145. The van der Waals surface area contributed by atoms with Crippen LogP contribution in [0, 0.1) is 0 Å². The van der Waals surface area contributed by atoms with E-state index in [1.807, 2.05) is 30.3 Å². The molecule has 0 unspecified atom stereocenters. The van der Waals surface area contributed by atoms with Crippen LogP contribution in [-0.2, 0) is 16.1 Å². The molecule has 0 aliphatic heterocycles. The SMILES string of the molecule is CCOC(=O)COc1ccc(OCc2ccccc2)nc1. The average molecular weight is 287 g/mol. The van der Waals surface area contributed by atoms with Gasteiger partial charge in [0.2, 0.25) is 5.88 Å². The third-order valence-electron chi connectivity index (χ3n) is 2.60. The van der Waals surface area contributed by atoms with Gasteiger partial charge in [0, 0.05) is 6.07 Å². The second kappa shape index (κ2) is 7.89. The van der Waals surface area contributed by atoms with E-state index in [9.17, 15) is 4.79 Å². The van der Waals surface area contributed by atoms with E-state index in [4.69, 9.17) is 14.2 Å². The van der Waals surface area contributed by atoms with Crippen molar-refractivity contribution in [1.29, 1.82) is 0 Å². The molecule has 0 bridgehead atoms. The number of hydrogen-bond acceptors (Lipinski definition) is 5. The Hall–Kier alpha value is -2.56. The van der Waals surface area contributed by atoms with Gasteiger partial charge in [0.25, 0.3) is 0 Å². The van der Waals surface area contributed by atoms with Crippen molar-refractivity contribution in [2.45, 2.75) is 13.5 Å². The molecule has 0 atom stereocenters. The molecule has 0 radical (unpaired) electrons. The Labute approximate surface area is 123 Å².